The Morgan fingerprint density at radius 3 is 2.65 bits per heavy atom. The van der Waals surface area contributed by atoms with Crippen LogP contribution in [0.15, 0.2) is 40.1 Å². The first kappa shape index (κ1) is 15.9. The summed E-state index contributed by atoms with van der Waals surface area (Å²) >= 11 is 0. The van der Waals surface area contributed by atoms with Crippen LogP contribution in [0.3, 0.4) is 0 Å². The summed E-state index contributed by atoms with van der Waals surface area (Å²) in [4.78, 5) is 3.13. The van der Waals surface area contributed by atoms with E-state index < -0.39 is 26.7 Å². The molecule has 23 heavy (non-hydrogen) atoms. The summed E-state index contributed by atoms with van der Waals surface area (Å²) in [5, 5.41) is 3.66. The average Bonchev–Trinajstić information content (AvgIpc) is 3.17. The van der Waals surface area contributed by atoms with E-state index in [2.05, 4.69) is 14.7 Å². The topological polar surface area (TPSA) is 76.3 Å². The quantitative estimate of drug-likeness (QED) is 0.851. The minimum Gasteiger partial charge on any atom is -0.343 e. The van der Waals surface area contributed by atoms with E-state index in [0.717, 1.165) is 28.9 Å². The van der Waals surface area contributed by atoms with Crippen molar-refractivity contribution in [2.75, 3.05) is 13.1 Å². The Bertz CT molecular complexity index is 790. The fourth-order valence-electron chi connectivity index (χ4n) is 2.58. The van der Waals surface area contributed by atoms with Gasteiger partial charge in [0.05, 0.1) is 10.5 Å². The molecule has 0 N–H and O–H groups in total. The molecule has 0 bridgehead atoms. The Balaban J connectivity index is 1.92. The Labute approximate surface area is 130 Å². The molecule has 0 aliphatic carbocycles. The fraction of sp³-hybridized carbons (Fsp3) is 0.385. The summed E-state index contributed by atoms with van der Waals surface area (Å²) < 4.78 is 70.0. The zero-order chi connectivity index (χ0) is 16.7. The summed E-state index contributed by atoms with van der Waals surface area (Å²) in [6.45, 7) is 0.127. The van der Waals surface area contributed by atoms with Gasteiger partial charge in [0.2, 0.25) is 16.4 Å². The van der Waals surface area contributed by atoms with E-state index in [-0.39, 0.29) is 19.0 Å². The zero-order valence-corrected chi connectivity index (χ0v) is 12.5. The van der Waals surface area contributed by atoms with Crippen molar-refractivity contribution in [3.05, 3.63) is 42.0 Å². The van der Waals surface area contributed by atoms with E-state index in [1.807, 2.05) is 0 Å². The molecule has 1 aliphatic heterocycles. The third kappa shape index (κ3) is 2.95. The summed E-state index contributed by atoms with van der Waals surface area (Å²) in [7, 11) is -4.25. The Morgan fingerprint density at radius 1 is 1.26 bits per heavy atom. The Hall–Kier alpha value is -1.94. The van der Waals surface area contributed by atoms with E-state index >= 15 is 0 Å². The molecule has 1 aliphatic rings. The molecule has 0 saturated carbocycles. The van der Waals surface area contributed by atoms with Crippen molar-refractivity contribution in [1.82, 2.24) is 14.4 Å². The van der Waals surface area contributed by atoms with Gasteiger partial charge in [-0.2, -0.15) is 22.5 Å². The van der Waals surface area contributed by atoms with Gasteiger partial charge in [-0.1, -0.05) is 17.3 Å². The monoisotopic (exact) mass is 347 g/mol. The minimum atomic E-state index is -4.74. The molecule has 3 rings (SSSR count). The third-order valence-electron chi connectivity index (χ3n) is 3.70. The van der Waals surface area contributed by atoms with Crippen molar-refractivity contribution in [2.45, 2.75) is 23.4 Å². The number of sulfonamides is 1. The van der Waals surface area contributed by atoms with Crippen molar-refractivity contribution < 1.29 is 26.1 Å². The highest BCUT2D eigenvalue weighted by Crippen LogP contribution is 2.37. The molecule has 10 heteroatoms. The van der Waals surface area contributed by atoms with Gasteiger partial charge in [0.1, 0.15) is 0 Å². The van der Waals surface area contributed by atoms with Crippen LogP contribution in [0, 0.1) is 0 Å². The van der Waals surface area contributed by atoms with Crippen molar-refractivity contribution in [1.29, 1.82) is 0 Å². The second-order valence-electron chi connectivity index (χ2n) is 5.13. The first-order chi connectivity index (χ1) is 10.8. The maximum Gasteiger partial charge on any atom is 0.417 e. The number of alkyl halides is 3. The molecular weight excluding hydrogens is 335 g/mol. The third-order valence-corrected chi connectivity index (χ3v) is 5.63. The molecule has 124 valence electrons. The number of hydrogen-bond acceptors (Lipinski definition) is 5. The van der Waals surface area contributed by atoms with Crippen LogP contribution in [0.5, 0.6) is 0 Å². The van der Waals surface area contributed by atoms with Crippen molar-refractivity contribution in [3.63, 3.8) is 0 Å². The molecule has 1 aromatic heterocycles. The van der Waals surface area contributed by atoms with E-state index in [9.17, 15) is 21.6 Å². The van der Waals surface area contributed by atoms with Crippen LogP contribution in [0.1, 0.15) is 23.7 Å². The van der Waals surface area contributed by atoms with Gasteiger partial charge in [0.15, 0.2) is 5.82 Å². The van der Waals surface area contributed by atoms with Crippen LogP contribution >= 0.6 is 0 Å². The minimum absolute atomic E-state index is 0.0219. The molecule has 1 fully saturated rings. The molecule has 1 saturated heterocycles. The predicted molar refractivity (Wildman–Crippen MR) is 71.9 cm³/mol. The number of rotatable bonds is 3. The highest BCUT2D eigenvalue weighted by atomic mass is 32.2. The van der Waals surface area contributed by atoms with Crippen LogP contribution in [-0.4, -0.2) is 36.0 Å². The van der Waals surface area contributed by atoms with Gasteiger partial charge in [-0.25, -0.2) is 8.42 Å². The van der Waals surface area contributed by atoms with E-state index in [4.69, 9.17) is 0 Å². The molecule has 0 spiro atoms. The predicted octanol–water partition coefficient (Wildman–Crippen LogP) is 2.27. The molecule has 1 aromatic carbocycles. The highest BCUT2D eigenvalue weighted by molar-refractivity contribution is 7.89. The normalized spacial score (nSPS) is 20.0. The molecule has 0 unspecified atom stereocenters. The van der Waals surface area contributed by atoms with Crippen molar-refractivity contribution in [2.24, 2.45) is 0 Å². The molecule has 6 nitrogen and oxygen atoms in total. The number of aromatic nitrogens is 2. The van der Waals surface area contributed by atoms with Gasteiger partial charge in [-0.3, -0.25) is 0 Å². The van der Waals surface area contributed by atoms with E-state index in [1.165, 1.54) is 6.07 Å². The lowest BCUT2D eigenvalue weighted by Gasteiger charge is -2.19. The molecule has 0 radical (unpaired) electrons. The van der Waals surface area contributed by atoms with Crippen LogP contribution < -0.4 is 0 Å². The van der Waals surface area contributed by atoms with Crippen molar-refractivity contribution in [3.8, 4) is 0 Å². The number of nitrogens with zero attached hydrogens (tertiary/aromatic N) is 3. The van der Waals surface area contributed by atoms with Gasteiger partial charge >= 0.3 is 6.18 Å². The molecule has 0 amide bonds. The lowest BCUT2D eigenvalue weighted by atomic mass is 10.1. The average molecular weight is 347 g/mol. The van der Waals surface area contributed by atoms with Crippen LogP contribution in [0.4, 0.5) is 13.2 Å². The van der Waals surface area contributed by atoms with Gasteiger partial charge in [-0.05, 0) is 18.6 Å². The smallest absolute Gasteiger partial charge is 0.343 e. The second kappa shape index (κ2) is 5.60. The molecule has 2 aromatic rings. The highest BCUT2D eigenvalue weighted by Gasteiger charge is 2.41. The lowest BCUT2D eigenvalue weighted by Crippen LogP contribution is -2.30. The van der Waals surface area contributed by atoms with Gasteiger partial charge in [0.25, 0.3) is 0 Å². The number of benzene rings is 1. The maximum absolute atomic E-state index is 13.1. The number of hydrogen-bond donors (Lipinski definition) is 0. The summed E-state index contributed by atoms with van der Waals surface area (Å²) in [5.74, 6) is 0.0633. The lowest BCUT2D eigenvalue weighted by molar-refractivity contribution is -0.139. The summed E-state index contributed by atoms with van der Waals surface area (Å²) in [5.41, 5.74) is -1.16. The standard InChI is InChI=1S/C13H12F3N3O3S/c14-13(15,16)10-3-1-2-4-11(10)23(20,21)19-6-5-9(7-19)12-17-8-22-18-12/h1-4,8-9H,5-7H2/t9-/m0/s1. The zero-order valence-electron chi connectivity index (χ0n) is 11.7. The number of halogens is 3. The second-order valence-corrected chi connectivity index (χ2v) is 7.04. The Morgan fingerprint density at radius 2 is 2.00 bits per heavy atom. The summed E-state index contributed by atoms with van der Waals surface area (Å²) in [6.07, 6.45) is -3.19. The largest absolute Gasteiger partial charge is 0.417 e. The SMILES string of the molecule is O=S(=O)(c1ccccc1C(F)(F)F)N1CC[C@H](c2ncon2)C1. The maximum atomic E-state index is 13.1. The van der Waals surface area contributed by atoms with Gasteiger partial charge in [-0.15, -0.1) is 0 Å². The fourth-order valence-corrected chi connectivity index (χ4v) is 4.29. The van der Waals surface area contributed by atoms with E-state index in [0.29, 0.717) is 12.2 Å². The van der Waals surface area contributed by atoms with Crippen LogP contribution in [0.25, 0.3) is 0 Å². The first-order valence-electron chi connectivity index (χ1n) is 6.73. The van der Waals surface area contributed by atoms with Crippen LogP contribution in [-0.2, 0) is 16.2 Å². The Kier molecular flexibility index (Phi) is 3.88. The first-order valence-corrected chi connectivity index (χ1v) is 8.17. The van der Waals surface area contributed by atoms with E-state index in [1.54, 1.807) is 0 Å². The molecule has 1 atom stereocenters. The van der Waals surface area contributed by atoms with Gasteiger partial charge in [0, 0.05) is 19.0 Å². The van der Waals surface area contributed by atoms with Crippen molar-refractivity contribution >= 4 is 10.0 Å². The molecular formula is C13H12F3N3O3S. The van der Waals surface area contributed by atoms with Crippen LogP contribution in [0.2, 0.25) is 0 Å². The van der Waals surface area contributed by atoms with Gasteiger partial charge < -0.3 is 4.52 Å². The molecule has 2 heterocycles. The summed E-state index contributed by atoms with van der Waals surface area (Å²) in [6, 6.07) is 4.17.